The van der Waals surface area contributed by atoms with E-state index in [1.165, 1.54) is 12.8 Å². The topological polar surface area (TPSA) is 0 Å². The number of halogens is 1. The SMILES string of the molecule is CC(C)CC(C)CCBr. The molecule has 0 nitrogen and oxygen atoms in total. The van der Waals surface area contributed by atoms with Crippen molar-refractivity contribution in [2.45, 2.75) is 33.6 Å². The molecule has 0 radical (unpaired) electrons. The zero-order valence-corrected chi connectivity index (χ0v) is 8.24. The van der Waals surface area contributed by atoms with Crippen LogP contribution >= 0.6 is 15.9 Å². The van der Waals surface area contributed by atoms with Gasteiger partial charge in [0.05, 0.1) is 0 Å². The van der Waals surface area contributed by atoms with Crippen LogP contribution in [0.25, 0.3) is 0 Å². The van der Waals surface area contributed by atoms with E-state index in [1.807, 2.05) is 0 Å². The Hall–Kier alpha value is 0.480. The van der Waals surface area contributed by atoms with Gasteiger partial charge in [0.2, 0.25) is 0 Å². The third kappa shape index (κ3) is 6.36. The smallest absolute Gasteiger partial charge is 0.00338 e. The van der Waals surface area contributed by atoms with Crippen molar-refractivity contribution in [1.82, 2.24) is 0 Å². The maximum atomic E-state index is 3.44. The number of hydrogen-bond donors (Lipinski definition) is 0. The summed E-state index contributed by atoms with van der Waals surface area (Å²) in [5.74, 6) is 1.75. The first-order valence-corrected chi connectivity index (χ1v) is 4.85. The molecule has 9 heavy (non-hydrogen) atoms. The summed E-state index contributed by atoms with van der Waals surface area (Å²) >= 11 is 3.44. The molecule has 0 aromatic carbocycles. The molecule has 0 aliphatic carbocycles. The molecule has 0 fully saturated rings. The third-order valence-electron chi connectivity index (χ3n) is 1.48. The van der Waals surface area contributed by atoms with Crippen molar-refractivity contribution in [3.05, 3.63) is 0 Å². The van der Waals surface area contributed by atoms with E-state index < -0.39 is 0 Å². The van der Waals surface area contributed by atoms with Crippen LogP contribution in [0.4, 0.5) is 0 Å². The summed E-state index contributed by atoms with van der Waals surface area (Å²) in [6.07, 6.45) is 2.68. The van der Waals surface area contributed by atoms with E-state index in [-0.39, 0.29) is 0 Å². The molecule has 0 aromatic heterocycles. The second-order valence-corrected chi connectivity index (χ2v) is 4.01. The van der Waals surface area contributed by atoms with E-state index in [0.29, 0.717) is 0 Å². The Balaban J connectivity index is 3.15. The Bertz CT molecular complexity index is 59.6. The van der Waals surface area contributed by atoms with Gasteiger partial charge in [-0.15, -0.1) is 0 Å². The highest BCUT2D eigenvalue weighted by atomic mass is 79.9. The molecule has 0 aromatic rings. The van der Waals surface area contributed by atoms with E-state index in [9.17, 15) is 0 Å². The van der Waals surface area contributed by atoms with Crippen molar-refractivity contribution < 1.29 is 0 Å². The maximum absolute atomic E-state index is 3.44. The average Bonchev–Trinajstić information content (AvgIpc) is 1.63. The van der Waals surface area contributed by atoms with Gasteiger partial charge in [-0.05, 0) is 24.7 Å². The summed E-state index contributed by atoms with van der Waals surface area (Å²) in [7, 11) is 0. The van der Waals surface area contributed by atoms with Crippen molar-refractivity contribution >= 4 is 15.9 Å². The molecule has 1 atom stereocenters. The molecular formula is C8H17Br. The fourth-order valence-electron chi connectivity index (χ4n) is 1.11. The van der Waals surface area contributed by atoms with Crippen molar-refractivity contribution in [2.75, 3.05) is 5.33 Å². The van der Waals surface area contributed by atoms with Gasteiger partial charge in [-0.25, -0.2) is 0 Å². The van der Waals surface area contributed by atoms with Crippen molar-refractivity contribution in [3.8, 4) is 0 Å². The first-order valence-electron chi connectivity index (χ1n) is 3.72. The van der Waals surface area contributed by atoms with Gasteiger partial charge < -0.3 is 0 Å². The zero-order chi connectivity index (χ0) is 7.28. The molecule has 56 valence electrons. The Morgan fingerprint density at radius 2 is 1.78 bits per heavy atom. The van der Waals surface area contributed by atoms with Crippen LogP contribution in [0.15, 0.2) is 0 Å². The Morgan fingerprint density at radius 3 is 2.11 bits per heavy atom. The lowest BCUT2D eigenvalue weighted by Crippen LogP contribution is -1.99. The molecular weight excluding hydrogens is 176 g/mol. The van der Waals surface area contributed by atoms with Crippen LogP contribution in [0.5, 0.6) is 0 Å². The molecule has 0 N–H and O–H groups in total. The van der Waals surface area contributed by atoms with Gasteiger partial charge in [-0.1, -0.05) is 36.7 Å². The van der Waals surface area contributed by atoms with E-state index in [2.05, 4.69) is 36.7 Å². The molecule has 1 heteroatoms. The van der Waals surface area contributed by atoms with Gasteiger partial charge >= 0.3 is 0 Å². The third-order valence-corrected chi connectivity index (χ3v) is 1.93. The average molecular weight is 193 g/mol. The predicted octanol–water partition coefficient (Wildman–Crippen LogP) is 3.45. The number of rotatable bonds is 4. The second kappa shape index (κ2) is 5.28. The molecule has 0 rings (SSSR count). The van der Waals surface area contributed by atoms with Crippen molar-refractivity contribution in [2.24, 2.45) is 11.8 Å². The highest BCUT2D eigenvalue weighted by Gasteiger charge is 2.02. The van der Waals surface area contributed by atoms with Crippen molar-refractivity contribution in [1.29, 1.82) is 0 Å². The fourth-order valence-corrected chi connectivity index (χ4v) is 1.89. The Labute approximate surface area is 67.2 Å². The van der Waals surface area contributed by atoms with Gasteiger partial charge in [0.25, 0.3) is 0 Å². The number of alkyl halides is 1. The van der Waals surface area contributed by atoms with Gasteiger partial charge in [0.1, 0.15) is 0 Å². The van der Waals surface area contributed by atoms with Gasteiger partial charge in [-0.2, -0.15) is 0 Å². The first-order chi connectivity index (χ1) is 4.16. The second-order valence-electron chi connectivity index (χ2n) is 3.21. The Kier molecular flexibility index (Phi) is 5.56. The minimum absolute atomic E-state index is 0.860. The Morgan fingerprint density at radius 1 is 1.22 bits per heavy atom. The molecule has 0 aliphatic rings. The van der Waals surface area contributed by atoms with Crippen LogP contribution in [0.1, 0.15) is 33.6 Å². The van der Waals surface area contributed by atoms with E-state index in [4.69, 9.17) is 0 Å². The first kappa shape index (κ1) is 9.48. The normalized spacial score (nSPS) is 14.3. The van der Waals surface area contributed by atoms with Gasteiger partial charge in [0, 0.05) is 5.33 Å². The summed E-state index contributed by atoms with van der Waals surface area (Å²) < 4.78 is 0. The number of hydrogen-bond acceptors (Lipinski definition) is 0. The summed E-state index contributed by atoms with van der Waals surface area (Å²) in [5, 5.41) is 1.15. The van der Waals surface area contributed by atoms with Crippen LogP contribution in [0.2, 0.25) is 0 Å². The fraction of sp³-hybridized carbons (Fsp3) is 1.00. The minimum Gasteiger partial charge on any atom is -0.0928 e. The van der Waals surface area contributed by atoms with Crippen LogP contribution in [-0.2, 0) is 0 Å². The van der Waals surface area contributed by atoms with Crippen molar-refractivity contribution in [3.63, 3.8) is 0 Å². The molecule has 0 heterocycles. The molecule has 0 aliphatic heterocycles. The minimum atomic E-state index is 0.860. The molecule has 1 unspecified atom stereocenters. The monoisotopic (exact) mass is 192 g/mol. The van der Waals surface area contributed by atoms with E-state index in [0.717, 1.165) is 17.2 Å². The van der Waals surface area contributed by atoms with Gasteiger partial charge in [-0.3, -0.25) is 0 Å². The highest BCUT2D eigenvalue weighted by molar-refractivity contribution is 9.09. The summed E-state index contributed by atoms with van der Waals surface area (Å²) in [6.45, 7) is 6.89. The van der Waals surface area contributed by atoms with Crippen LogP contribution in [0, 0.1) is 11.8 Å². The van der Waals surface area contributed by atoms with E-state index in [1.54, 1.807) is 0 Å². The zero-order valence-electron chi connectivity index (χ0n) is 6.65. The summed E-state index contributed by atoms with van der Waals surface area (Å²) in [4.78, 5) is 0. The lowest BCUT2D eigenvalue weighted by molar-refractivity contribution is 0.432. The predicted molar refractivity (Wildman–Crippen MR) is 47.0 cm³/mol. The molecule has 0 saturated carbocycles. The van der Waals surface area contributed by atoms with E-state index >= 15 is 0 Å². The highest BCUT2D eigenvalue weighted by Crippen LogP contribution is 2.14. The van der Waals surface area contributed by atoms with Crippen LogP contribution in [-0.4, -0.2) is 5.33 Å². The quantitative estimate of drug-likeness (QED) is 0.600. The summed E-state index contributed by atoms with van der Waals surface area (Å²) in [5.41, 5.74) is 0. The molecule has 0 spiro atoms. The molecule has 0 amide bonds. The lowest BCUT2D eigenvalue weighted by atomic mass is 9.97. The molecule has 0 bridgehead atoms. The lowest BCUT2D eigenvalue weighted by Gasteiger charge is -2.11. The summed E-state index contributed by atoms with van der Waals surface area (Å²) in [6, 6.07) is 0. The molecule has 0 saturated heterocycles. The van der Waals surface area contributed by atoms with Crippen LogP contribution < -0.4 is 0 Å². The maximum Gasteiger partial charge on any atom is 0.00338 e. The largest absolute Gasteiger partial charge is 0.0928 e. The van der Waals surface area contributed by atoms with Gasteiger partial charge in [0.15, 0.2) is 0 Å². The van der Waals surface area contributed by atoms with Crippen LogP contribution in [0.3, 0.4) is 0 Å². The standard InChI is InChI=1S/C8H17Br/c1-7(2)6-8(3)4-5-9/h7-8H,4-6H2,1-3H3.